The number of aryl methyl sites for hydroxylation is 1. The van der Waals surface area contributed by atoms with Crippen LogP contribution in [0.25, 0.3) is 33.1 Å². The van der Waals surface area contributed by atoms with E-state index >= 15 is 0 Å². The number of nitrogens with zero attached hydrogens (tertiary/aromatic N) is 5. The molecule has 5 rings (SSSR count). The highest BCUT2D eigenvalue weighted by Gasteiger charge is 2.15. The highest BCUT2D eigenvalue weighted by molar-refractivity contribution is 7.18. The number of rotatable bonds is 5. The predicted octanol–water partition coefficient (Wildman–Crippen LogP) is 4.33. The molecule has 0 fully saturated rings. The Morgan fingerprint density at radius 2 is 2.13 bits per heavy atom. The summed E-state index contributed by atoms with van der Waals surface area (Å²) in [6, 6.07) is 7.30. The molecule has 5 aromatic rings. The van der Waals surface area contributed by atoms with E-state index in [9.17, 15) is 5.11 Å². The zero-order valence-electron chi connectivity index (χ0n) is 15.5. The van der Waals surface area contributed by atoms with Gasteiger partial charge in [-0.25, -0.2) is 9.97 Å². The van der Waals surface area contributed by atoms with Crippen LogP contribution in [-0.2, 0) is 6.61 Å². The second-order valence-corrected chi connectivity index (χ2v) is 7.84. The van der Waals surface area contributed by atoms with E-state index in [0.717, 1.165) is 22.2 Å². The molecular formula is C19H14ClN7O2S. The molecule has 0 spiro atoms. The molecule has 4 aromatic heterocycles. The van der Waals surface area contributed by atoms with Crippen molar-refractivity contribution < 1.29 is 9.52 Å². The van der Waals surface area contributed by atoms with Crippen LogP contribution in [0.3, 0.4) is 0 Å². The lowest BCUT2D eigenvalue weighted by Gasteiger charge is -2.05. The first kappa shape index (κ1) is 18.7. The number of fused-ring (bicyclic) bond motifs is 1. The van der Waals surface area contributed by atoms with E-state index < -0.39 is 0 Å². The van der Waals surface area contributed by atoms with Crippen LogP contribution in [0.5, 0.6) is 0 Å². The molecule has 0 atom stereocenters. The molecule has 1 aromatic carbocycles. The van der Waals surface area contributed by atoms with Gasteiger partial charge in [-0.2, -0.15) is 5.10 Å². The van der Waals surface area contributed by atoms with Crippen molar-refractivity contribution in [2.75, 3.05) is 5.32 Å². The van der Waals surface area contributed by atoms with Gasteiger partial charge in [-0.1, -0.05) is 22.9 Å². The molecule has 9 nitrogen and oxygen atoms in total. The van der Waals surface area contributed by atoms with E-state index in [1.54, 1.807) is 24.6 Å². The van der Waals surface area contributed by atoms with Gasteiger partial charge in [-0.15, -0.1) is 10.2 Å². The molecule has 0 aliphatic rings. The summed E-state index contributed by atoms with van der Waals surface area (Å²) in [6.45, 7) is 1.61. The van der Waals surface area contributed by atoms with Crippen molar-refractivity contribution in [3.63, 3.8) is 0 Å². The van der Waals surface area contributed by atoms with Crippen molar-refractivity contribution in [2.24, 2.45) is 0 Å². The molecule has 150 valence electrons. The van der Waals surface area contributed by atoms with Gasteiger partial charge < -0.3 is 14.8 Å². The SMILES string of the molecule is Cc1coc(-c2cc(-c3nnc(Nc4ccc5[nH]ncc5c4Cl)s3)cc(CO)n2)n1. The van der Waals surface area contributed by atoms with Crippen LogP contribution in [0.2, 0.25) is 5.02 Å². The maximum Gasteiger partial charge on any atom is 0.245 e. The summed E-state index contributed by atoms with van der Waals surface area (Å²) in [5, 5.41) is 30.8. The Bertz CT molecular complexity index is 1360. The van der Waals surface area contributed by atoms with E-state index in [1.165, 1.54) is 11.3 Å². The van der Waals surface area contributed by atoms with Crippen molar-refractivity contribution in [3.05, 3.63) is 53.1 Å². The van der Waals surface area contributed by atoms with Crippen LogP contribution in [0.1, 0.15) is 11.4 Å². The second-order valence-electron chi connectivity index (χ2n) is 6.48. The number of anilines is 2. The van der Waals surface area contributed by atoms with Crippen LogP contribution in [0.4, 0.5) is 10.8 Å². The molecule has 0 saturated carbocycles. The number of aliphatic hydroxyl groups is 1. The van der Waals surface area contributed by atoms with Gasteiger partial charge in [-0.05, 0) is 31.2 Å². The van der Waals surface area contributed by atoms with E-state index in [4.69, 9.17) is 16.0 Å². The zero-order chi connectivity index (χ0) is 20.7. The highest BCUT2D eigenvalue weighted by Crippen LogP contribution is 2.35. The average molecular weight is 440 g/mol. The average Bonchev–Trinajstić information content (AvgIpc) is 3.50. The van der Waals surface area contributed by atoms with Crippen LogP contribution in [0, 0.1) is 6.92 Å². The lowest BCUT2D eigenvalue weighted by atomic mass is 10.2. The number of aromatic amines is 1. The Kier molecular flexibility index (Phi) is 4.66. The van der Waals surface area contributed by atoms with Gasteiger partial charge in [0.25, 0.3) is 0 Å². The molecular weight excluding hydrogens is 426 g/mol. The Labute approximate surface area is 178 Å². The molecule has 0 unspecified atom stereocenters. The number of pyridine rings is 1. The van der Waals surface area contributed by atoms with Crippen molar-refractivity contribution in [1.29, 1.82) is 0 Å². The lowest BCUT2D eigenvalue weighted by molar-refractivity contribution is 0.277. The number of nitrogens with one attached hydrogen (secondary N) is 2. The third kappa shape index (κ3) is 3.41. The monoisotopic (exact) mass is 439 g/mol. The molecule has 0 aliphatic heterocycles. The summed E-state index contributed by atoms with van der Waals surface area (Å²) in [7, 11) is 0. The summed E-state index contributed by atoms with van der Waals surface area (Å²) in [5.74, 6) is 0.382. The first-order valence-corrected chi connectivity index (χ1v) is 10.1. The van der Waals surface area contributed by atoms with Crippen LogP contribution in [0.15, 0.2) is 41.1 Å². The van der Waals surface area contributed by atoms with Gasteiger partial charge >= 0.3 is 0 Å². The first-order valence-electron chi connectivity index (χ1n) is 8.87. The molecule has 0 radical (unpaired) electrons. The minimum Gasteiger partial charge on any atom is -0.443 e. The normalized spacial score (nSPS) is 11.3. The minimum atomic E-state index is -0.217. The van der Waals surface area contributed by atoms with Crippen molar-refractivity contribution in [2.45, 2.75) is 13.5 Å². The smallest absolute Gasteiger partial charge is 0.245 e. The van der Waals surface area contributed by atoms with Gasteiger partial charge in [0, 0.05) is 10.9 Å². The Morgan fingerprint density at radius 1 is 1.23 bits per heavy atom. The quantitative estimate of drug-likeness (QED) is 0.369. The van der Waals surface area contributed by atoms with Crippen LogP contribution < -0.4 is 5.32 Å². The molecule has 30 heavy (non-hydrogen) atoms. The van der Waals surface area contributed by atoms with E-state index in [2.05, 4.69) is 35.7 Å². The Morgan fingerprint density at radius 3 is 2.93 bits per heavy atom. The summed E-state index contributed by atoms with van der Waals surface area (Å²) in [6.07, 6.45) is 3.23. The number of oxazole rings is 1. The topological polar surface area (TPSA) is 126 Å². The maximum absolute atomic E-state index is 9.60. The lowest BCUT2D eigenvalue weighted by Crippen LogP contribution is -1.94. The fraction of sp³-hybridized carbons (Fsp3) is 0.105. The predicted molar refractivity (Wildman–Crippen MR) is 114 cm³/mol. The summed E-state index contributed by atoms with van der Waals surface area (Å²) < 4.78 is 5.44. The van der Waals surface area contributed by atoms with Crippen molar-refractivity contribution in [1.82, 2.24) is 30.4 Å². The standard InChI is InChI=1S/C19H14ClN7O2S/c1-9-8-29-17(22-9)15-5-10(4-11(7-28)23-15)18-26-27-19(30-18)24-14-3-2-13-12(16(14)20)6-21-25-13/h2-6,8,28H,7H2,1H3,(H,21,25)(H,24,27). The van der Waals surface area contributed by atoms with Gasteiger partial charge in [0.1, 0.15) is 17.0 Å². The number of benzene rings is 1. The number of H-pyrrole nitrogens is 1. The number of hydrogen-bond acceptors (Lipinski definition) is 9. The highest BCUT2D eigenvalue weighted by atomic mass is 35.5. The first-order chi connectivity index (χ1) is 14.6. The summed E-state index contributed by atoms with van der Waals surface area (Å²) >= 11 is 7.82. The Hall–Kier alpha value is -3.34. The summed E-state index contributed by atoms with van der Waals surface area (Å²) in [5.41, 5.74) is 4.05. The van der Waals surface area contributed by atoms with Gasteiger partial charge in [0.15, 0.2) is 0 Å². The minimum absolute atomic E-state index is 0.217. The summed E-state index contributed by atoms with van der Waals surface area (Å²) in [4.78, 5) is 8.68. The van der Waals surface area contributed by atoms with E-state index in [1.807, 2.05) is 19.1 Å². The number of halogens is 1. The largest absolute Gasteiger partial charge is 0.443 e. The molecule has 0 amide bonds. The van der Waals surface area contributed by atoms with Gasteiger partial charge in [-0.3, -0.25) is 5.10 Å². The molecule has 0 aliphatic carbocycles. The van der Waals surface area contributed by atoms with Crippen LogP contribution >= 0.6 is 22.9 Å². The maximum atomic E-state index is 9.60. The fourth-order valence-electron chi connectivity index (χ4n) is 2.96. The Balaban J connectivity index is 1.48. The fourth-order valence-corrected chi connectivity index (χ4v) is 3.96. The van der Waals surface area contributed by atoms with Gasteiger partial charge in [0.2, 0.25) is 11.0 Å². The molecule has 0 saturated heterocycles. The van der Waals surface area contributed by atoms with Gasteiger partial charge in [0.05, 0.1) is 40.4 Å². The number of aliphatic hydroxyl groups excluding tert-OH is 1. The molecule has 0 bridgehead atoms. The molecule has 4 heterocycles. The van der Waals surface area contributed by atoms with Crippen LogP contribution in [-0.4, -0.2) is 35.5 Å². The van der Waals surface area contributed by atoms with E-state index in [0.29, 0.717) is 38.1 Å². The third-order valence-electron chi connectivity index (χ3n) is 4.35. The zero-order valence-corrected chi connectivity index (χ0v) is 17.1. The van der Waals surface area contributed by atoms with Crippen molar-refractivity contribution >= 4 is 44.7 Å². The third-order valence-corrected chi connectivity index (χ3v) is 5.65. The number of aromatic nitrogens is 6. The number of hydrogen-bond donors (Lipinski definition) is 3. The van der Waals surface area contributed by atoms with E-state index in [-0.39, 0.29) is 6.61 Å². The molecule has 11 heteroatoms. The van der Waals surface area contributed by atoms with Crippen molar-refractivity contribution in [3.8, 4) is 22.2 Å². The second kappa shape index (κ2) is 7.48. The molecule has 3 N–H and O–H groups in total.